The molecule has 0 unspecified atom stereocenters. The highest BCUT2D eigenvalue weighted by molar-refractivity contribution is 5.85. The number of benzene rings is 1. The summed E-state index contributed by atoms with van der Waals surface area (Å²) >= 11 is 0. The van der Waals surface area contributed by atoms with Gasteiger partial charge in [0.1, 0.15) is 11.3 Å². The van der Waals surface area contributed by atoms with E-state index in [2.05, 4.69) is 47.6 Å². The van der Waals surface area contributed by atoms with E-state index in [1.807, 2.05) is 0 Å². The van der Waals surface area contributed by atoms with Crippen molar-refractivity contribution in [2.45, 2.75) is 37.8 Å². The zero-order valence-electron chi connectivity index (χ0n) is 19.7. The second-order valence-corrected chi connectivity index (χ2v) is 8.56. The van der Waals surface area contributed by atoms with Crippen molar-refractivity contribution >= 4 is 28.5 Å². The van der Waals surface area contributed by atoms with Crippen LogP contribution in [0.3, 0.4) is 0 Å². The first-order valence-corrected chi connectivity index (χ1v) is 11.8. The monoisotopic (exact) mass is 465 g/mol. The van der Waals surface area contributed by atoms with Crippen LogP contribution in [0.15, 0.2) is 30.7 Å². The Kier molecular flexibility index (Phi) is 6.75. The van der Waals surface area contributed by atoms with Gasteiger partial charge in [0.05, 0.1) is 38.1 Å². The molecule has 2 fully saturated rings. The van der Waals surface area contributed by atoms with Crippen LogP contribution in [0.1, 0.15) is 25.7 Å². The molecule has 0 bridgehead atoms. The first-order chi connectivity index (χ1) is 16.7. The fourth-order valence-electron chi connectivity index (χ4n) is 4.56. The molecule has 0 spiro atoms. The van der Waals surface area contributed by atoms with E-state index in [0.717, 1.165) is 74.5 Å². The third kappa shape index (κ3) is 4.91. The molecule has 0 amide bonds. The van der Waals surface area contributed by atoms with Gasteiger partial charge in [0, 0.05) is 50.3 Å². The standard InChI is InChI=1S/C24H31N7O3/c1-25-24-28-15-21(32-2)23(30-24)29-16-3-5-18(6-4-16)34-20-14-17(31-9-11-33-12-10-31)13-19-22(20)27-8-7-26-19/h7-8,13-16,18H,3-6,9-12H2,1-2H3,(H2,25,28,29,30). The summed E-state index contributed by atoms with van der Waals surface area (Å²) in [5, 5.41) is 6.50. The minimum atomic E-state index is 0.128. The number of methoxy groups -OCH3 is 1. The predicted octanol–water partition coefficient (Wildman–Crippen LogP) is 3.11. The van der Waals surface area contributed by atoms with Crippen molar-refractivity contribution in [2.75, 3.05) is 56.0 Å². The van der Waals surface area contributed by atoms with Crippen LogP contribution < -0.4 is 25.0 Å². The van der Waals surface area contributed by atoms with Gasteiger partial charge in [0.15, 0.2) is 11.6 Å². The van der Waals surface area contributed by atoms with Crippen molar-refractivity contribution in [3.63, 3.8) is 0 Å². The van der Waals surface area contributed by atoms with E-state index >= 15 is 0 Å². The summed E-state index contributed by atoms with van der Waals surface area (Å²) in [6.45, 7) is 3.20. The van der Waals surface area contributed by atoms with Crippen LogP contribution in [0.4, 0.5) is 17.5 Å². The SMILES string of the molecule is CNc1ncc(OC)c(NC2CCC(Oc3cc(N4CCOCC4)cc4nccnc34)CC2)n1. The lowest BCUT2D eigenvalue weighted by Gasteiger charge is -2.31. The molecule has 180 valence electrons. The number of fused-ring (bicyclic) bond motifs is 1. The molecule has 2 aliphatic rings. The highest BCUT2D eigenvalue weighted by Crippen LogP contribution is 2.34. The van der Waals surface area contributed by atoms with Crippen LogP contribution in [0.25, 0.3) is 11.0 Å². The first-order valence-electron chi connectivity index (χ1n) is 11.8. The third-order valence-electron chi connectivity index (χ3n) is 6.41. The highest BCUT2D eigenvalue weighted by atomic mass is 16.5. The summed E-state index contributed by atoms with van der Waals surface area (Å²) in [5.74, 6) is 2.72. The summed E-state index contributed by atoms with van der Waals surface area (Å²) in [4.78, 5) is 20.2. The number of aromatic nitrogens is 4. The van der Waals surface area contributed by atoms with Crippen molar-refractivity contribution in [1.29, 1.82) is 0 Å². The molecule has 0 radical (unpaired) electrons. The van der Waals surface area contributed by atoms with E-state index in [1.165, 1.54) is 0 Å². The Morgan fingerprint density at radius 2 is 1.79 bits per heavy atom. The Labute approximate surface area is 199 Å². The second kappa shape index (κ2) is 10.3. The molecule has 3 aromatic rings. The molecule has 1 aliphatic carbocycles. The summed E-state index contributed by atoms with van der Waals surface area (Å²) in [6, 6.07) is 4.50. The van der Waals surface area contributed by atoms with Crippen LogP contribution in [0.2, 0.25) is 0 Å². The van der Waals surface area contributed by atoms with Crippen molar-refractivity contribution in [3.05, 3.63) is 30.7 Å². The molecular formula is C24H31N7O3. The molecule has 34 heavy (non-hydrogen) atoms. The maximum atomic E-state index is 6.53. The molecule has 0 atom stereocenters. The average Bonchev–Trinajstić information content (AvgIpc) is 2.90. The summed E-state index contributed by atoms with van der Waals surface area (Å²) in [5.41, 5.74) is 2.77. The van der Waals surface area contributed by atoms with Crippen molar-refractivity contribution < 1.29 is 14.2 Å². The quantitative estimate of drug-likeness (QED) is 0.540. The molecular weight excluding hydrogens is 434 g/mol. The van der Waals surface area contributed by atoms with E-state index < -0.39 is 0 Å². The van der Waals surface area contributed by atoms with E-state index in [9.17, 15) is 0 Å². The lowest BCUT2D eigenvalue weighted by Crippen LogP contribution is -2.36. The third-order valence-corrected chi connectivity index (χ3v) is 6.41. The molecule has 2 aromatic heterocycles. The zero-order chi connectivity index (χ0) is 23.3. The lowest BCUT2D eigenvalue weighted by atomic mass is 9.93. The maximum Gasteiger partial charge on any atom is 0.224 e. The number of morpholine rings is 1. The van der Waals surface area contributed by atoms with Crippen molar-refractivity contribution in [3.8, 4) is 11.5 Å². The van der Waals surface area contributed by atoms with Gasteiger partial charge < -0.3 is 29.7 Å². The van der Waals surface area contributed by atoms with Gasteiger partial charge in [-0.1, -0.05) is 0 Å². The zero-order valence-corrected chi connectivity index (χ0v) is 19.7. The summed E-state index contributed by atoms with van der Waals surface area (Å²) < 4.78 is 17.5. The number of anilines is 3. The van der Waals surface area contributed by atoms with Gasteiger partial charge in [0.2, 0.25) is 5.95 Å². The van der Waals surface area contributed by atoms with Crippen LogP contribution in [0.5, 0.6) is 11.5 Å². The van der Waals surface area contributed by atoms with Gasteiger partial charge in [-0.05, 0) is 31.7 Å². The Bertz CT molecular complexity index is 1110. The van der Waals surface area contributed by atoms with Gasteiger partial charge in [-0.25, -0.2) is 9.97 Å². The van der Waals surface area contributed by atoms with Gasteiger partial charge in [-0.15, -0.1) is 0 Å². The summed E-state index contributed by atoms with van der Waals surface area (Å²) in [7, 11) is 3.43. The average molecular weight is 466 g/mol. The molecule has 3 heterocycles. The Morgan fingerprint density at radius 1 is 1.00 bits per heavy atom. The van der Waals surface area contributed by atoms with Gasteiger partial charge in [0.25, 0.3) is 0 Å². The van der Waals surface area contributed by atoms with Crippen LogP contribution in [-0.2, 0) is 4.74 Å². The van der Waals surface area contributed by atoms with Crippen LogP contribution in [0, 0.1) is 0 Å². The fourth-order valence-corrected chi connectivity index (χ4v) is 4.56. The summed E-state index contributed by atoms with van der Waals surface area (Å²) in [6.07, 6.45) is 9.08. The number of ether oxygens (including phenoxy) is 3. The normalized spacial score (nSPS) is 20.7. The molecule has 1 aromatic carbocycles. The molecule has 10 nitrogen and oxygen atoms in total. The van der Waals surface area contributed by atoms with Gasteiger partial charge >= 0.3 is 0 Å². The largest absolute Gasteiger partial charge is 0.491 e. The predicted molar refractivity (Wildman–Crippen MR) is 131 cm³/mol. The van der Waals surface area contributed by atoms with Crippen LogP contribution in [-0.4, -0.2) is 72.5 Å². The minimum Gasteiger partial charge on any atom is -0.491 e. The van der Waals surface area contributed by atoms with E-state index in [0.29, 0.717) is 23.6 Å². The molecule has 1 saturated heterocycles. The number of hydrogen-bond acceptors (Lipinski definition) is 10. The highest BCUT2D eigenvalue weighted by Gasteiger charge is 2.25. The first kappa shape index (κ1) is 22.4. The molecule has 5 rings (SSSR count). The number of nitrogens with one attached hydrogen (secondary N) is 2. The fraction of sp³-hybridized carbons (Fsp3) is 0.500. The van der Waals surface area contributed by atoms with Gasteiger partial charge in [-0.3, -0.25) is 4.98 Å². The number of rotatable bonds is 7. The number of hydrogen-bond donors (Lipinski definition) is 2. The Balaban J connectivity index is 1.27. The molecule has 2 N–H and O–H groups in total. The topological polar surface area (TPSA) is 107 Å². The van der Waals surface area contributed by atoms with Crippen LogP contribution >= 0.6 is 0 Å². The Morgan fingerprint density at radius 3 is 2.56 bits per heavy atom. The molecule has 1 aliphatic heterocycles. The van der Waals surface area contributed by atoms with E-state index in [1.54, 1.807) is 32.7 Å². The molecule has 1 saturated carbocycles. The number of nitrogens with zero attached hydrogens (tertiary/aromatic N) is 5. The maximum absolute atomic E-state index is 6.53. The van der Waals surface area contributed by atoms with Crippen molar-refractivity contribution in [1.82, 2.24) is 19.9 Å². The molecule has 10 heteroatoms. The van der Waals surface area contributed by atoms with Gasteiger partial charge in [-0.2, -0.15) is 4.98 Å². The second-order valence-electron chi connectivity index (χ2n) is 8.56. The van der Waals surface area contributed by atoms with Crippen molar-refractivity contribution in [2.24, 2.45) is 0 Å². The smallest absolute Gasteiger partial charge is 0.224 e. The van der Waals surface area contributed by atoms with E-state index in [-0.39, 0.29) is 6.10 Å². The Hall–Kier alpha value is -3.40. The lowest BCUT2D eigenvalue weighted by molar-refractivity contribution is 0.122. The van der Waals surface area contributed by atoms with E-state index in [4.69, 9.17) is 14.2 Å². The minimum absolute atomic E-state index is 0.128.